The molecular formula is C8H15N3. The molecule has 1 aromatic heterocycles. The van der Waals surface area contributed by atoms with Gasteiger partial charge >= 0.3 is 0 Å². The van der Waals surface area contributed by atoms with Crippen molar-refractivity contribution in [1.82, 2.24) is 9.78 Å². The van der Waals surface area contributed by atoms with Crippen molar-refractivity contribution in [2.75, 3.05) is 11.9 Å². The molecule has 0 unspecified atom stereocenters. The Kier molecular flexibility index (Phi) is 2.17. The van der Waals surface area contributed by atoms with Crippen LogP contribution in [-0.2, 0) is 7.05 Å². The van der Waals surface area contributed by atoms with Gasteiger partial charge in [0.15, 0.2) is 0 Å². The van der Waals surface area contributed by atoms with Crippen LogP contribution in [0.5, 0.6) is 0 Å². The Bertz CT molecular complexity index is 227. The molecule has 62 valence electrons. The van der Waals surface area contributed by atoms with E-state index in [1.54, 1.807) is 0 Å². The Balaban J connectivity index is 2.76. The molecule has 11 heavy (non-hydrogen) atoms. The second-order valence-electron chi connectivity index (χ2n) is 3.08. The molecule has 0 aliphatic rings. The normalized spacial score (nSPS) is 10.6. The van der Waals surface area contributed by atoms with Gasteiger partial charge in [0, 0.05) is 26.3 Å². The highest BCUT2D eigenvalue weighted by Gasteiger charge is 2.05. The smallest absolute Gasteiger partial charge is 0.0752 e. The van der Waals surface area contributed by atoms with E-state index in [1.165, 1.54) is 5.69 Å². The van der Waals surface area contributed by atoms with E-state index in [1.807, 2.05) is 24.1 Å². The SMILES string of the molecule is CC(C)N(C)c1cnn(C)c1. The Morgan fingerprint density at radius 1 is 1.55 bits per heavy atom. The number of aromatic nitrogens is 2. The summed E-state index contributed by atoms with van der Waals surface area (Å²) in [5.41, 5.74) is 1.17. The number of anilines is 1. The summed E-state index contributed by atoms with van der Waals surface area (Å²) in [5.74, 6) is 0. The number of hydrogen-bond acceptors (Lipinski definition) is 2. The van der Waals surface area contributed by atoms with Crippen LogP contribution in [0.3, 0.4) is 0 Å². The maximum absolute atomic E-state index is 4.10. The predicted molar refractivity (Wildman–Crippen MR) is 46.7 cm³/mol. The summed E-state index contributed by atoms with van der Waals surface area (Å²) >= 11 is 0. The number of hydrogen-bond donors (Lipinski definition) is 0. The second-order valence-corrected chi connectivity index (χ2v) is 3.08. The van der Waals surface area contributed by atoms with Gasteiger partial charge in [-0.3, -0.25) is 4.68 Å². The molecule has 0 saturated carbocycles. The van der Waals surface area contributed by atoms with Crippen molar-refractivity contribution < 1.29 is 0 Å². The van der Waals surface area contributed by atoms with Crippen molar-refractivity contribution in [3.8, 4) is 0 Å². The molecule has 0 aromatic carbocycles. The maximum Gasteiger partial charge on any atom is 0.0752 e. The first kappa shape index (κ1) is 8.11. The third-order valence-corrected chi connectivity index (χ3v) is 1.87. The highest BCUT2D eigenvalue weighted by molar-refractivity contribution is 5.41. The summed E-state index contributed by atoms with van der Waals surface area (Å²) in [6.45, 7) is 4.32. The fourth-order valence-electron chi connectivity index (χ4n) is 0.889. The lowest BCUT2D eigenvalue weighted by Crippen LogP contribution is -2.25. The molecule has 1 aromatic rings. The van der Waals surface area contributed by atoms with E-state index in [9.17, 15) is 0 Å². The number of aryl methyl sites for hydroxylation is 1. The second kappa shape index (κ2) is 2.95. The first-order valence-corrected chi connectivity index (χ1v) is 3.82. The first-order valence-electron chi connectivity index (χ1n) is 3.82. The molecule has 0 aliphatic carbocycles. The van der Waals surface area contributed by atoms with Gasteiger partial charge in [0.25, 0.3) is 0 Å². The summed E-state index contributed by atoms with van der Waals surface area (Å²) in [4.78, 5) is 2.19. The van der Waals surface area contributed by atoms with E-state index in [-0.39, 0.29) is 0 Å². The zero-order chi connectivity index (χ0) is 8.43. The van der Waals surface area contributed by atoms with Crippen LogP contribution in [0.1, 0.15) is 13.8 Å². The highest BCUT2D eigenvalue weighted by Crippen LogP contribution is 2.12. The van der Waals surface area contributed by atoms with Gasteiger partial charge in [0.05, 0.1) is 11.9 Å². The van der Waals surface area contributed by atoms with Gasteiger partial charge in [-0.25, -0.2) is 0 Å². The van der Waals surface area contributed by atoms with Gasteiger partial charge in [-0.05, 0) is 13.8 Å². The predicted octanol–water partition coefficient (Wildman–Crippen LogP) is 1.26. The molecule has 0 radical (unpaired) electrons. The molecule has 1 rings (SSSR count). The van der Waals surface area contributed by atoms with Crippen LogP contribution in [0.25, 0.3) is 0 Å². The largest absolute Gasteiger partial charge is 0.370 e. The van der Waals surface area contributed by atoms with Gasteiger partial charge in [-0.1, -0.05) is 0 Å². The van der Waals surface area contributed by atoms with Gasteiger partial charge in [0.2, 0.25) is 0 Å². The Labute approximate surface area is 67.6 Å². The van der Waals surface area contributed by atoms with Crippen LogP contribution in [0, 0.1) is 0 Å². The Morgan fingerprint density at radius 3 is 2.55 bits per heavy atom. The number of nitrogens with zero attached hydrogens (tertiary/aromatic N) is 3. The third-order valence-electron chi connectivity index (χ3n) is 1.87. The van der Waals surface area contributed by atoms with Gasteiger partial charge in [0.1, 0.15) is 0 Å². The summed E-state index contributed by atoms with van der Waals surface area (Å²) < 4.78 is 1.81. The lowest BCUT2D eigenvalue weighted by molar-refractivity contribution is 0.749. The Morgan fingerprint density at radius 2 is 2.18 bits per heavy atom. The van der Waals surface area contributed by atoms with E-state index in [0.717, 1.165) is 0 Å². The summed E-state index contributed by atoms with van der Waals surface area (Å²) in [6.07, 6.45) is 3.89. The van der Waals surface area contributed by atoms with Crippen LogP contribution in [0.4, 0.5) is 5.69 Å². The Hall–Kier alpha value is -0.990. The molecular weight excluding hydrogens is 138 g/mol. The maximum atomic E-state index is 4.10. The molecule has 0 spiro atoms. The van der Waals surface area contributed by atoms with Crippen LogP contribution >= 0.6 is 0 Å². The molecule has 0 amide bonds. The van der Waals surface area contributed by atoms with Crippen molar-refractivity contribution in [1.29, 1.82) is 0 Å². The summed E-state index contributed by atoms with van der Waals surface area (Å²) in [5, 5.41) is 4.10. The van der Waals surface area contributed by atoms with Crippen molar-refractivity contribution >= 4 is 5.69 Å². The summed E-state index contributed by atoms with van der Waals surface area (Å²) in [6, 6.07) is 0.527. The molecule has 0 N–H and O–H groups in total. The van der Waals surface area contributed by atoms with E-state index in [0.29, 0.717) is 6.04 Å². The average Bonchev–Trinajstić information content (AvgIpc) is 2.34. The van der Waals surface area contributed by atoms with Crippen molar-refractivity contribution in [3.63, 3.8) is 0 Å². The molecule has 0 bridgehead atoms. The molecule has 3 nitrogen and oxygen atoms in total. The molecule has 3 heteroatoms. The molecule has 0 aliphatic heterocycles. The minimum absolute atomic E-state index is 0.527. The lowest BCUT2D eigenvalue weighted by atomic mass is 10.3. The van der Waals surface area contributed by atoms with E-state index < -0.39 is 0 Å². The zero-order valence-electron chi connectivity index (χ0n) is 7.57. The topological polar surface area (TPSA) is 21.1 Å². The fraction of sp³-hybridized carbons (Fsp3) is 0.625. The standard InChI is InChI=1S/C8H15N3/c1-7(2)11(4)8-5-9-10(3)6-8/h5-7H,1-4H3. The van der Waals surface area contributed by atoms with Crippen LogP contribution in [0.15, 0.2) is 12.4 Å². The van der Waals surface area contributed by atoms with E-state index >= 15 is 0 Å². The fourth-order valence-corrected chi connectivity index (χ4v) is 0.889. The number of rotatable bonds is 2. The van der Waals surface area contributed by atoms with Gasteiger partial charge in [-0.15, -0.1) is 0 Å². The van der Waals surface area contributed by atoms with Crippen molar-refractivity contribution in [2.45, 2.75) is 19.9 Å². The molecule has 0 saturated heterocycles. The zero-order valence-corrected chi connectivity index (χ0v) is 7.57. The van der Waals surface area contributed by atoms with Gasteiger partial charge in [-0.2, -0.15) is 5.10 Å². The average molecular weight is 153 g/mol. The molecule has 0 fully saturated rings. The van der Waals surface area contributed by atoms with Crippen LogP contribution in [-0.4, -0.2) is 22.9 Å². The van der Waals surface area contributed by atoms with Crippen LogP contribution < -0.4 is 4.90 Å². The molecule has 0 atom stereocenters. The minimum atomic E-state index is 0.527. The van der Waals surface area contributed by atoms with Crippen molar-refractivity contribution in [3.05, 3.63) is 12.4 Å². The van der Waals surface area contributed by atoms with Gasteiger partial charge < -0.3 is 4.90 Å². The highest BCUT2D eigenvalue weighted by atomic mass is 15.3. The summed E-state index contributed by atoms with van der Waals surface area (Å²) in [7, 11) is 4.00. The molecule has 1 heterocycles. The van der Waals surface area contributed by atoms with E-state index in [2.05, 4.69) is 30.9 Å². The third kappa shape index (κ3) is 1.73. The van der Waals surface area contributed by atoms with Crippen LogP contribution in [0.2, 0.25) is 0 Å². The lowest BCUT2D eigenvalue weighted by Gasteiger charge is -2.21. The van der Waals surface area contributed by atoms with Crippen molar-refractivity contribution in [2.24, 2.45) is 7.05 Å². The quantitative estimate of drug-likeness (QED) is 0.638. The monoisotopic (exact) mass is 153 g/mol. The van der Waals surface area contributed by atoms with E-state index in [4.69, 9.17) is 0 Å². The first-order chi connectivity index (χ1) is 5.11. The minimum Gasteiger partial charge on any atom is -0.370 e.